The molecule has 1 fully saturated rings. The smallest absolute Gasteiger partial charge is 0.227 e. The van der Waals surface area contributed by atoms with Crippen molar-refractivity contribution >= 4 is 41.5 Å². The van der Waals surface area contributed by atoms with E-state index in [2.05, 4.69) is 15.6 Å². The molecule has 1 amide bonds. The molecule has 6 heteroatoms. The van der Waals surface area contributed by atoms with Gasteiger partial charge in [-0.3, -0.25) is 4.79 Å². The third-order valence-corrected chi connectivity index (χ3v) is 3.79. The molecule has 1 aromatic rings. The van der Waals surface area contributed by atoms with Crippen LogP contribution in [0.4, 0.5) is 5.69 Å². The molecule has 0 radical (unpaired) electrons. The van der Waals surface area contributed by atoms with Crippen molar-refractivity contribution in [3.8, 4) is 0 Å². The van der Waals surface area contributed by atoms with Gasteiger partial charge in [-0.2, -0.15) is 0 Å². The molecule has 1 saturated carbocycles. The van der Waals surface area contributed by atoms with Gasteiger partial charge in [0.1, 0.15) is 0 Å². The van der Waals surface area contributed by atoms with Gasteiger partial charge in [0, 0.05) is 17.6 Å². The predicted molar refractivity (Wildman–Crippen MR) is 106 cm³/mol. The number of carbonyl (C=O) groups is 1. The van der Waals surface area contributed by atoms with E-state index in [1.54, 1.807) is 0 Å². The Balaban J connectivity index is 0.00000264. The molecule has 0 aromatic heterocycles. The zero-order valence-electron chi connectivity index (χ0n) is 13.8. The third kappa shape index (κ3) is 6.76. The second-order valence-corrected chi connectivity index (χ2v) is 6.17. The highest BCUT2D eigenvalue weighted by Gasteiger charge is 2.22. The fraction of sp³-hybridized carbons (Fsp3) is 0.529. The van der Waals surface area contributed by atoms with Crippen molar-refractivity contribution in [2.24, 2.45) is 16.6 Å². The zero-order chi connectivity index (χ0) is 15.9. The Morgan fingerprint density at radius 3 is 2.70 bits per heavy atom. The molecule has 1 aliphatic rings. The van der Waals surface area contributed by atoms with Crippen LogP contribution in [0.3, 0.4) is 0 Å². The number of aliphatic imine (C=N–C) groups is 1. The summed E-state index contributed by atoms with van der Waals surface area (Å²) in [6.45, 7) is 4.53. The number of carbonyl (C=O) groups excluding carboxylic acids is 1. The van der Waals surface area contributed by atoms with Crippen LogP contribution in [0, 0.1) is 5.92 Å². The minimum absolute atomic E-state index is 0. The summed E-state index contributed by atoms with van der Waals surface area (Å²) in [4.78, 5) is 16.4. The fourth-order valence-corrected chi connectivity index (χ4v) is 2.70. The van der Waals surface area contributed by atoms with Crippen molar-refractivity contribution in [2.75, 3.05) is 5.32 Å². The number of hydrogen-bond donors (Lipinski definition) is 3. The quantitative estimate of drug-likeness (QED) is 0.381. The van der Waals surface area contributed by atoms with Crippen LogP contribution in [0.25, 0.3) is 0 Å². The highest BCUT2D eigenvalue weighted by Crippen LogP contribution is 2.26. The fourth-order valence-electron chi connectivity index (χ4n) is 2.70. The van der Waals surface area contributed by atoms with Gasteiger partial charge in [-0.15, -0.1) is 24.0 Å². The number of nitrogens with one attached hydrogen (secondary N) is 2. The van der Waals surface area contributed by atoms with E-state index in [1.807, 2.05) is 38.1 Å². The van der Waals surface area contributed by atoms with Crippen LogP contribution in [0.2, 0.25) is 0 Å². The van der Waals surface area contributed by atoms with Gasteiger partial charge < -0.3 is 16.4 Å². The molecular weight excluding hydrogens is 403 g/mol. The number of nitrogens with two attached hydrogens (primary N) is 1. The van der Waals surface area contributed by atoms with Gasteiger partial charge in [0.2, 0.25) is 5.91 Å². The van der Waals surface area contributed by atoms with Gasteiger partial charge in [0.05, 0.1) is 6.54 Å². The summed E-state index contributed by atoms with van der Waals surface area (Å²) in [6.07, 6.45) is 4.34. The van der Waals surface area contributed by atoms with Gasteiger partial charge in [0.25, 0.3) is 0 Å². The van der Waals surface area contributed by atoms with E-state index in [-0.39, 0.29) is 41.8 Å². The predicted octanol–water partition coefficient (Wildman–Crippen LogP) is 3.25. The molecule has 1 aromatic carbocycles. The van der Waals surface area contributed by atoms with Crippen molar-refractivity contribution in [3.05, 3.63) is 29.8 Å². The van der Waals surface area contributed by atoms with Crippen LogP contribution in [0.5, 0.6) is 0 Å². The number of benzene rings is 1. The van der Waals surface area contributed by atoms with Gasteiger partial charge in [-0.25, -0.2) is 4.99 Å². The van der Waals surface area contributed by atoms with Crippen molar-refractivity contribution in [3.63, 3.8) is 0 Å². The van der Waals surface area contributed by atoms with Gasteiger partial charge in [-0.1, -0.05) is 25.0 Å². The number of guanidine groups is 1. The van der Waals surface area contributed by atoms with Gasteiger partial charge >= 0.3 is 0 Å². The summed E-state index contributed by atoms with van der Waals surface area (Å²) in [5, 5.41) is 6.06. The first-order valence-electron chi connectivity index (χ1n) is 8.01. The zero-order valence-corrected chi connectivity index (χ0v) is 16.2. The molecule has 4 N–H and O–H groups in total. The Hall–Kier alpha value is -1.31. The lowest BCUT2D eigenvalue weighted by Gasteiger charge is -2.11. The highest BCUT2D eigenvalue weighted by atomic mass is 127. The summed E-state index contributed by atoms with van der Waals surface area (Å²) in [7, 11) is 0. The molecule has 0 spiro atoms. The van der Waals surface area contributed by atoms with E-state index < -0.39 is 0 Å². The minimum atomic E-state index is 0. The Morgan fingerprint density at radius 2 is 2.04 bits per heavy atom. The summed E-state index contributed by atoms with van der Waals surface area (Å²) in [6, 6.07) is 8.05. The second kappa shape index (κ2) is 9.75. The second-order valence-electron chi connectivity index (χ2n) is 6.17. The lowest BCUT2D eigenvalue weighted by molar-refractivity contribution is -0.119. The molecule has 2 rings (SSSR count). The maximum Gasteiger partial charge on any atom is 0.227 e. The monoisotopic (exact) mass is 430 g/mol. The average Bonchev–Trinajstić information content (AvgIpc) is 2.99. The van der Waals surface area contributed by atoms with Crippen molar-refractivity contribution < 1.29 is 4.79 Å². The standard InChI is InChI=1S/C17H26N4O.HI/c1-12(2)20-17(18)19-11-13-6-5-9-15(10-13)21-16(22)14-7-3-4-8-14;/h5-6,9-10,12,14H,3-4,7-8,11H2,1-2H3,(H,21,22)(H3,18,19,20);1H. The van der Waals surface area contributed by atoms with E-state index >= 15 is 0 Å². The SMILES string of the molecule is CC(C)NC(N)=NCc1cccc(NC(=O)C2CCCC2)c1.I. The molecule has 23 heavy (non-hydrogen) atoms. The van der Waals surface area contributed by atoms with E-state index in [4.69, 9.17) is 5.73 Å². The summed E-state index contributed by atoms with van der Waals surface area (Å²) in [5.41, 5.74) is 7.65. The first-order chi connectivity index (χ1) is 10.5. The van der Waals surface area contributed by atoms with Crippen LogP contribution >= 0.6 is 24.0 Å². The molecule has 0 atom stereocenters. The van der Waals surface area contributed by atoms with Crippen LogP contribution < -0.4 is 16.4 Å². The molecule has 5 nitrogen and oxygen atoms in total. The maximum atomic E-state index is 12.1. The molecule has 0 bridgehead atoms. The van der Waals surface area contributed by atoms with Crippen molar-refractivity contribution in [1.82, 2.24) is 5.32 Å². The number of rotatable bonds is 5. The Kier molecular flexibility index (Phi) is 8.36. The topological polar surface area (TPSA) is 79.5 Å². The first kappa shape index (κ1) is 19.7. The van der Waals surface area contributed by atoms with Gasteiger partial charge in [0.15, 0.2) is 5.96 Å². The lowest BCUT2D eigenvalue weighted by Crippen LogP contribution is -2.36. The van der Waals surface area contributed by atoms with E-state index in [9.17, 15) is 4.79 Å². The summed E-state index contributed by atoms with van der Waals surface area (Å²) in [5.74, 6) is 0.752. The lowest BCUT2D eigenvalue weighted by atomic mass is 10.1. The van der Waals surface area contributed by atoms with Crippen LogP contribution in [-0.4, -0.2) is 17.9 Å². The van der Waals surface area contributed by atoms with Crippen molar-refractivity contribution in [2.45, 2.75) is 52.1 Å². The van der Waals surface area contributed by atoms with Crippen LogP contribution in [0.1, 0.15) is 45.1 Å². The molecule has 1 aliphatic carbocycles. The third-order valence-electron chi connectivity index (χ3n) is 3.79. The number of hydrogen-bond acceptors (Lipinski definition) is 2. The first-order valence-corrected chi connectivity index (χ1v) is 8.01. The normalized spacial score (nSPS) is 15.3. The molecule has 0 aliphatic heterocycles. The highest BCUT2D eigenvalue weighted by molar-refractivity contribution is 14.0. The summed E-state index contributed by atoms with van der Waals surface area (Å²) < 4.78 is 0. The number of anilines is 1. The number of amides is 1. The Labute approximate surface area is 155 Å². The molecule has 0 saturated heterocycles. The average molecular weight is 430 g/mol. The van der Waals surface area contributed by atoms with E-state index in [1.165, 1.54) is 0 Å². The number of nitrogens with zero attached hydrogens (tertiary/aromatic N) is 1. The summed E-state index contributed by atoms with van der Waals surface area (Å²) >= 11 is 0. The molecule has 0 heterocycles. The van der Waals surface area contributed by atoms with Crippen LogP contribution in [-0.2, 0) is 11.3 Å². The minimum Gasteiger partial charge on any atom is -0.370 e. The van der Waals surface area contributed by atoms with E-state index in [0.29, 0.717) is 12.5 Å². The Morgan fingerprint density at radius 1 is 1.35 bits per heavy atom. The van der Waals surface area contributed by atoms with E-state index in [0.717, 1.165) is 36.9 Å². The van der Waals surface area contributed by atoms with Gasteiger partial charge in [-0.05, 0) is 44.4 Å². The Bertz CT molecular complexity index is 539. The number of halogens is 1. The molecular formula is C17H27IN4O. The van der Waals surface area contributed by atoms with Crippen LogP contribution in [0.15, 0.2) is 29.3 Å². The molecule has 0 unspecified atom stereocenters. The largest absolute Gasteiger partial charge is 0.370 e. The van der Waals surface area contributed by atoms with Crippen molar-refractivity contribution in [1.29, 1.82) is 0 Å². The molecule has 128 valence electrons. The maximum absolute atomic E-state index is 12.1.